The number of aliphatic hydroxyl groups is 1. The topological polar surface area (TPSA) is 76.4 Å². The molecule has 1 rings (SSSR count). The average Bonchev–Trinajstić information content (AvgIpc) is 2.28. The van der Waals surface area contributed by atoms with Gasteiger partial charge in [0.25, 0.3) is 0 Å². The Bertz CT molecular complexity index is 314. The minimum atomic E-state index is -0.282. The van der Waals surface area contributed by atoms with Crippen molar-refractivity contribution in [2.24, 2.45) is 5.92 Å². The van der Waals surface area contributed by atoms with Gasteiger partial charge in [-0.15, -0.1) is 0 Å². The molecule has 0 aromatic rings. The van der Waals surface area contributed by atoms with Gasteiger partial charge in [0, 0.05) is 26.1 Å². The standard InChI is InChI=1S/C13H23N3O2/c1-3-13(18)7-11-6-12(15-10(2)17)9-16(8-11)5-4-14/h11-13,18H,3,5-9H2,1-2H3,(H,15,17). The molecule has 3 unspecified atom stereocenters. The van der Waals surface area contributed by atoms with Crippen molar-refractivity contribution in [3.8, 4) is 6.07 Å². The smallest absolute Gasteiger partial charge is 0.217 e. The third-order valence-electron chi connectivity index (χ3n) is 3.39. The van der Waals surface area contributed by atoms with Gasteiger partial charge in [0.2, 0.25) is 5.91 Å². The van der Waals surface area contributed by atoms with Crippen molar-refractivity contribution in [2.45, 2.75) is 45.3 Å². The van der Waals surface area contributed by atoms with Crippen molar-refractivity contribution < 1.29 is 9.90 Å². The second-order valence-corrected chi connectivity index (χ2v) is 5.15. The zero-order valence-corrected chi connectivity index (χ0v) is 11.2. The molecule has 2 N–H and O–H groups in total. The van der Waals surface area contributed by atoms with E-state index in [2.05, 4.69) is 16.3 Å². The maximum absolute atomic E-state index is 11.1. The van der Waals surface area contributed by atoms with Gasteiger partial charge in [-0.2, -0.15) is 5.26 Å². The van der Waals surface area contributed by atoms with Crippen LogP contribution in [0, 0.1) is 17.2 Å². The summed E-state index contributed by atoms with van der Waals surface area (Å²) in [4.78, 5) is 13.2. The molecule has 0 aliphatic carbocycles. The number of hydrogen-bond donors (Lipinski definition) is 2. The van der Waals surface area contributed by atoms with Crippen molar-refractivity contribution >= 4 is 5.91 Å². The molecule has 1 saturated heterocycles. The number of piperidine rings is 1. The number of nitriles is 1. The summed E-state index contributed by atoms with van der Waals surface area (Å²) in [5.74, 6) is 0.312. The van der Waals surface area contributed by atoms with Gasteiger partial charge in [0.15, 0.2) is 0 Å². The van der Waals surface area contributed by atoms with Gasteiger partial charge in [-0.1, -0.05) is 6.92 Å². The first-order valence-electron chi connectivity index (χ1n) is 6.59. The first kappa shape index (κ1) is 14.9. The number of carbonyl (C=O) groups is 1. The molecular formula is C13H23N3O2. The molecule has 0 bridgehead atoms. The average molecular weight is 253 g/mol. The minimum absolute atomic E-state index is 0.0337. The van der Waals surface area contributed by atoms with Crippen LogP contribution in [0.3, 0.4) is 0 Å². The summed E-state index contributed by atoms with van der Waals surface area (Å²) in [6, 6.07) is 2.25. The number of rotatable bonds is 5. The lowest BCUT2D eigenvalue weighted by atomic mass is 9.89. The number of likely N-dealkylation sites (tertiary alicyclic amines) is 1. The van der Waals surface area contributed by atoms with Crippen LogP contribution in [0.1, 0.15) is 33.1 Å². The molecule has 1 aliphatic rings. The lowest BCUT2D eigenvalue weighted by Crippen LogP contribution is -2.50. The Morgan fingerprint density at radius 2 is 2.33 bits per heavy atom. The maximum atomic E-state index is 11.1. The molecule has 5 nitrogen and oxygen atoms in total. The summed E-state index contributed by atoms with van der Waals surface area (Å²) in [5, 5.41) is 21.4. The highest BCUT2D eigenvalue weighted by Gasteiger charge is 2.28. The van der Waals surface area contributed by atoms with Gasteiger partial charge in [0.1, 0.15) is 0 Å². The van der Waals surface area contributed by atoms with E-state index in [9.17, 15) is 9.90 Å². The number of aliphatic hydroxyl groups excluding tert-OH is 1. The Kier molecular flexibility index (Phi) is 6.10. The summed E-state index contributed by atoms with van der Waals surface area (Å²) in [5.41, 5.74) is 0. The molecular weight excluding hydrogens is 230 g/mol. The molecule has 3 atom stereocenters. The van der Waals surface area contributed by atoms with E-state index >= 15 is 0 Å². The van der Waals surface area contributed by atoms with Crippen LogP contribution in [0.2, 0.25) is 0 Å². The fourth-order valence-corrected chi connectivity index (χ4v) is 2.65. The van der Waals surface area contributed by atoms with E-state index in [4.69, 9.17) is 5.26 Å². The van der Waals surface area contributed by atoms with Gasteiger partial charge in [-0.05, 0) is 25.2 Å². The second-order valence-electron chi connectivity index (χ2n) is 5.15. The molecule has 5 heteroatoms. The molecule has 1 fully saturated rings. The van der Waals surface area contributed by atoms with E-state index in [1.807, 2.05) is 6.92 Å². The number of hydrogen-bond acceptors (Lipinski definition) is 4. The van der Waals surface area contributed by atoms with Gasteiger partial charge in [-0.25, -0.2) is 0 Å². The quantitative estimate of drug-likeness (QED) is 0.699. The van der Waals surface area contributed by atoms with E-state index in [1.54, 1.807) is 0 Å². The summed E-state index contributed by atoms with van der Waals surface area (Å²) >= 11 is 0. The Balaban J connectivity index is 2.56. The number of nitrogens with one attached hydrogen (secondary N) is 1. The van der Waals surface area contributed by atoms with Gasteiger partial charge < -0.3 is 10.4 Å². The third kappa shape index (κ3) is 5.03. The maximum Gasteiger partial charge on any atom is 0.217 e. The monoisotopic (exact) mass is 253 g/mol. The Labute approximate surface area is 109 Å². The molecule has 18 heavy (non-hydrogen) atoms. The predicted octanol–water partition coefficient (Wildman–Crippen LogP) is 0.498. The first-order valence-corrected chi connectivity index (χ1v) is 6.59. The fourth-order valence-electron chi connectivity index (χ4n) is 2.65. The van der Waals surface area contributed by atoms with Crippen LogP contribution in [0.15, 0.2) is 0 Å². The van der Waals surface area contributed by atoms with Crippen LogP contribution >= 0.6 is 0 Å². The summed E-state index contributed by atoms with van der Waals surface area (Å²) in [7, 11) is 0. The van der Waals surface area contributed by atoms with E-state index in [-0.39, 0.29) is 18.1 Å². The highest BCUT2D eigenvalue weighted by atomic mass is 16.3. The number of amides is 1. The zero-order valence-electron chi connectivity index (χ0n) is 11.2. The Morgan fingerprint density at radius 3 is 2.89 bits per heavy atom. The number of nitrogens with zero attached hydrogens (tertiary/aromatic N) is 2. The van der Waals surface area contributed by atoms with Crippen LogP contribution in [0.4, 0.5) is 0 Å². The lowest BCUT2D eigenvalue weighted by Gasteiger charge is -2.37. The second kappa shape index (κ2) is 7.34. The van der Waals surface area contributed by atoms with Gasteiger partial charge in [0.05, 0.1) is 18.7 Å². The largest absolute Gasteiger partial charge is 0.393 e. The normalized spacial score (nSPS) is 26.3. The zero-order chi connectivity index (χ0) is 13.5. The molecule has 1 amide bonds. The predicted molar refractivity (Wildman–Crippen MR) is 68.7 cm³/mol. The van der Waals surface area contributed by atoms with Crippen LogP contribution in [-0.2, 0) is 4.79 Å². The summed E-state index contributed by atoms with van der Waals surface area (Å²) in [6.45, 7) is 5.42. The molecule has 1 aliphatic heterocycles. The van der Waals surface area contributed by atoms with Crippen LogP contribution in [0.25, 0.3) is 0 Å². The molecule has 0 radical (unpaired) electrons. The number of carbonyl (C=O) groups excluding carboxylic acids is 1. The van der Waals surface area contributed by atoms with Crippen LogP contribution < -0.4 is 5.32 Å². The Morgan fingerprint density at radius 1 is 1.61 bits per heavy atom. The van der Waals surface area contributed by atoms with Crippen LogP contribution in [-0.4, -0.2) is 47.7 Å². The molecule has 1 heterocycles. The van der Waals surface area contributed by atoms with Crippen molar-refractivity contribution in [2.75, 3.05) is 19.6 Å². The molecule has 102 valence electrons. The SMILES string of the molecule is CCC(O)CC1CC(NC(C)=O)CN(CC#N)C1. The van der Waals surface area contributed by atoms with E-state index in [0.717, 1.165) is 32.4 Å². The first-order chi connectivity index (χ1) is 8.55. The van der Waals surface area contributed by atoms with Crippen molar-refractivity contribution in [1.82, 2.24) is 10.2 Å². The van der Waals surface area contributed by atoms with E-state index in [1.165, 1.54) is 6.92 Å². The molecule has 0 spiro atoms. The van der Waals surface area contributed by atoms with E-state index in [0.29, 0.717) is 12.5 Å². The third-order valence-corrected chi connectivity index (χ3v) is 3.39. The highest BCUT2D eigenvalue weighted by Crippen LogP contribution is 2.22. The molecule has 0 saturated carbocycles. The lowest BCUT2D eigenvalue weighted by molar-refractivity contribution is -0.120. The van der Waals surface area contributed by atoms with Crippen molar-refractivity contribution in [3.05, 3.63) is 0 Å². The minimum Gasteiger partial charge on any atom is -0.393 e. The van der Waals surface area contributed by atoms with E-state index < -0.39 is 0 Å². The van der Waals surface area contributed by atoms with Crippen LogP contribution in [0.5, 0.6) is 0 Å². The summed E-state index contributed by atoms with van der Waals surface area (Å²) in [6.07, 6.45) is 2.10. The van der Waals surface area contributed by atoms with Gasteiger partial charge >= 0.3 is 0 Å². The van der Waals surface area contributed by atoms with Crippen molar-refractivity contribution in [3.63, 3.8) is 0 Å². The fraction of sp³-hybridized carbons (Fsp3) is 0.846. The van der Waals surface area contributed by atoms with Gasteiger partial charge in [-0.3, -0.25) is 9.69 Å². The Hall–Kier alpha value is -1.12. The van der Waals surface area contributed by atoms with Crippen molar-refractivity contribution in [1.29, 1.82) is 5.26 Å². The molecule has 0 aromatic carbocycles. The summed E-state index contributed by atoms with van der Waals surface area (Å²) < 4.78 is 0. The molecule has 0 aromatic heterocycles. The highest BCUT2D eigenvalue weighted by molar-refractivity contribution is 5.73.